The van der Waals surface area contributed by atoms with E-state index in [9.17, 15) is 24.3 Å². The molecule has 4 aliphatic rings. The number of amides is 3. The molecule has 25 heavy (non-hydrogen) atoms. The van der Waals surface area contributed by atoms with Gasteiger partial charge in [-0.3, -0.25) is 24.2 Å². The lowest BCUT2D eigenvalue weighted by Gasteiger charge is -2.51. The van der Waals surface area contributed by atoms with Gasteiger partial charge in [-0.2, -0.15) is 0 Å². The first kappa shape index (κ1) is 17.0. The molecule has 10 heteroatoms. The number of imide groups is 1. The maximum atomic E-state index is 12.7. The monoisotopic (exact) mass is 398 g/mol. The Kier molecular flexibility index (Phi) is 4.16. The van der Waals surface area contributed by atoms with Crippen LogP contribution >= 0.6 is 35.3 Å². The average molecular weight is 398 g/mol. The summed E-state index contributed by atoms with van der Waals surface area (Å²) in [6.07, 6.45) is 0.542. The average Bonchev–Trinajstić information content (AvgIpc) is 2.86. The van der Waals surface area contributed by atoms with Crippen LogP contribution in [0.15, 0.2) is 21.1 Å². The quantitative estimate of drug-likeness (QED) is 0.557. The van der Waals surface area contributed by atoms with E-state index in [2.05, 4.69) is 0 Å². The van der Waals surface area contributed by atoms with E-state index in [-0.39, 0.29) is 5.70 Å². The Morgan fingerprint density at radius 2 is 1.72 bits per heavy atom. The van der Waals surface area contributed by atoms with Gasteiger partial charge in [0.05, 0.1) is 9.81 Å². The molecule has 1 fully saturated rings. The van der Waals surface area contributed by atoms with Gasteiger partial charge in [0.2, 0.25) is 0 Å². The number of aliphatic carboxylic acids is 1. The van der Waals surface area contributed by atoms with E-state index in [1.807, 2.05) is 6.92 Å². The van der Waals surface area contributed by atoms with Gasteiger partial charge in [0.15, 0.2) is 0 Å². The van der Waals surface area contributed by atoms with Crippen LogP contribution in [0.25, 0.3) is 0 Å². The molecule has 0 spiro atoms. The fourth-order valence-electron chi connectivity index (χ4n) is 3.34. The Morgan fingerprint density at radius 3 is 2.24 bits per heavy atom. The Balaban J connectivity index is 1.65. The zero-order valence-electron chi connectivity index (χ0n) is 13.2. The maximum Gasteiger partial charge on any atom is 0.352 e. The first-order chi connectivity index (χ1) is 12.0. The second kappa shape index (κ2) is 6.10. The van der Waals surface area contributed by atoms with Crippen molar-refractivity contribution in [2.24, 2.45) is 0 Å². The number of carboxylic acids is 1. The summed E-state index contributed by atoms with van der Waals surface area (Å²) in [5.74, 6) is -0.476. The number of β-lactam (4-membered cyclic amide) rings is 1. The topological polar surface area (TPSA) is 95.0 Å². The number of carbonyl (C=O) groups excluding carboxylic acids is 3. The maximum absolute atomic E-state index is 12.7. The second-order valence-electron chi connectivity index (χ2n) is 5.80. The highest BCUT2D eigenvalue weighted by atomic mass is 32.2. The van der Waals surface area contributed by atoms with E-state index in [0.29, 0.717) is 27.6 Å². The highest BCUT2D eigenvalue weighted by molar-refractivity contribution is 8.11. The molecular weight excluding hydrogens is 384 g/mol. The molecule has 0 aliphatic carbocycles. The number of hydrogen-bond acceptors (Lipinski definition) is 7. The fraction of sp³-hybridized carbons (Fsp3) is 0.467. The van der Waals surface area contributed by atoms with E-state index >= 15 is 0 Å². The molecule has 1 N–H and O–H groups in total. The smallest absolute Gasteiger partial charge is 0.352 e. The predicted octanol–water partition coefficient (Wildman–Crippen LogP) is 1.08. The van der Waals surface area contributed by atoms with Gasteiger partial charge in [-0.15, -0.1) is 35.3 Å². The SMILES string of the molecule is CCC1=C(C(=O)O)N2C(=O)C(N3C(=O)C4=C(SCCS4)C3=O)C2SC1. The summed E-state index contributed by atoms with van der Waals surface area (Å²) in [7, 11) is 0. The van der Waals surface area contributed by atoms with Gasteiger partial charge in [-0.25, -0.2) is 4.79 Å². The lowest BCUT2D eigenvalue weighted by molar-refractivity contribution is -0.161. The van der Waals surface area contributed by atoms with E-state index < -0.39 is 35.1 Å². The second-order valence-corrected chi connectivity index (χ2v) is 9.12. The van der Waals surface area contributed by atoms with Gasteiger partial charge >= 0.3 is 5.97 Å². The van der Waals surface area contributed by atoms with Crippen molar-refractivity contribution in [3.8, 4) is 0 Å². The van der Waals surface area contributed by atoms with Crippen molar-refractivity contribution in [1.82, 2.24) is 9.80 Å². The number of fused-ring (bicyclic) bond motifs is 1. The summed E-state index contributed by atoms with van der Waals surface area (Å²) in [6, 6.07) is -0.912. The van der Waals surface area contributed by atoms with Crippen LogP contribution in [0.3, 0.4) is 0 Å². The fourth-order valence-corrected chi connectivity index (χ4v) is 7.14. The van der Waals surface area contributed by atoms with Crippen molar-refractivity contribution < 1.29 is 24.3 Å². The van der Waals surface area contributed by atoms with Crippen LogP contribution in [0.4, 0.5) is 0 Å². The highest BCUT2D eigenvalue weighted by Gasteiger charge is 2.60. The minimum atomic E-state index is -1.14. The van der Waals surface area contributed by atoms with Crippen LogP contribution in [-0.4, -0.2) is 67.3 Å². The van der Waals surface area contributed by atoms with E-state index in [1.54, 1.807) is 0 Å². The summed E-state index contributed by atoms with van der Waals surface area (Å²) in [5, 5.41) is 8.96. The summed E-state index contributed by atoms with van der Waals surface area (Å²) >= 11 is 4.11. The summed E-state index contributed by atoms with van der Waals surface area (Å²) in [5.41, 5.74) is 0.705. The van der Waals surface area contributed by atoms with Gasteiger partial charge in [-0.05, 0) is 12.0 Å². The summed E-state index contributed by atoms with van der Waals surface area (Å²) in [4.78, 5) is 52.7. The van der Waals surface area contributed by atoms with Gasteiger partial charge in [0.1, 0.15) is 17.1 Å². The van der Waals surface area contributed by atoms with Crippen molar-refractivity contribution in [3.63, 3.8) is 0 Å². The number of carbonyl (C=O) groups is 4. The third-order valence-electron chi connectivity index (χ3n) is 4.54. The predicted molar refractivity (Wildman–Crippen MR) is 95.6 cm³/mol. The molecular formula is C15H14N2O5S3. The van der Waals surface area contributed by atoms with Crippen LogP contribution in [0.5, 0.6) is 0 Å². The van der Waals surface area contributed by atoms with Crippen molar-refractivity contribution in [2.45, 2.75) is 24.8 Å². The Hall–Kier alpha value is -1.39. The minimum absolute atomic E-state index is 0.00747. The number of nitrogens with zero attached hydrogens (tertiary/aromatic N) is 2. The molecule has 0 aromatic heterocycles. The molecule has 132 valence electrons. The Morgan fingerprint density at radius 1 is 1.12 bits per heavy atom. The molecule has 0 aromatic carbocycles. The molecule has 2 unspecified atom stereocenters. The molecule has 0 radical (unpaired) electrons. The molecule has 1 saturated heterocycles. The number of thioether (sulfide) groups is 3. The van der Waals surface area contributed by atoms with Crippen LogP contribution in [0.1, 0.15) is 13.3 Å². The molecule has 7 nitrogen and oxygen atoms in total. The van der Waals surface area contributed by atoms with Crippen LogP contribution in [0, 0.1) is 0 Å². The Bertz CT molecular complexity index is 762. The highest BCUT2D eigenvalue weighted by Crippen LogP contribution is 2.47. The minimum Gasteiger partial charge on any atom is -0.477 e. The number of carboxylic acid groups (broad SMARTS) is 1. The molecule has 2 atom stereocenters. The normalized spacial score (nSPS) is 29.1. The largest absolute Gasteiger partial charge is 0.477 e. The van der Waals surface area contributed by atoms with E-state index in [1.165, 1.54) is 40.2 Å². The first-order valence-electron chi connectivity index (χ1n) is 7.75. The standard InChI is InChI=1S/C15H14N2O5S3/c1-2-6-5-25-14-8(11(18)17(14)7(6)15(21)22)16-12(19)9-10(13(16)20)24-4-3-23-9/h8,14H,2-5H2,1H3,(H,21,22). The Labute approximate surface area is 156 Å². The molecule has 0 saturated carbocycles. The number of rotatable bonds is 3. The summed E-state index contributed by atoms with van der Waals surface area (Å²) < 4.78 is 0. The van der Waals surface area contributed by atoms with E-state index in [0.717, 1.165) is 16.4 Å². The third-order valence-corrected chi connectivity index (χ3v) is 8.40. The molecule has 0 bridgehead atoms. The third kappa shape index (κ3) is 2.30. The van der Waals surface area contributed by atoms with Gasteiger partial charge in [0, 0.05) is 17.3 Å². The van der Waals surface area contributed by atoms with Gasteiger partial charge < -0.3 is 5.11 Å². The molecule has 4 aliphatic heterocycles. The van der Waals surface area contributed by atoms with Gasteiger partial charge in [-0.1, -0.05) is 6.92 Å². The lowest BCUT2D eigenvalue weighted by Crippen LogP contribution is -2.71. The van der Waals surface area contributed by atoms with Crippen molar-refractivity contribution in [2.75, 3.05) is 17.3 Å². The van der Waals surface area contributed by atoms with Crippen LogP contribution < -0.4 is 0 Å². The molecule has 0 aromatic rings. The zero-order valence-corrected chi connectivity index (χ0v) is 15.6. The summed E-state index contributed by atoms with van der Waals surface area (Å²) in [6.45, 7) is 1.85. The van der Waals surface area contributed by atoms with Gasteiger partial charge in [0.25, 0.3) is 17.7 Å². The lowest BCUT2D eigenvalue weighted by atomic mass is 10.0. The molecule has 3 amide bonds. The molecule has 4 heterocycles. The van der Waals surface area contributed by atoms with Crippen molar-refractivity contribution in [1.29, 1.82) is 0 Å². The van der Waals surface area contributed by atoms with Crippen molar-refractivity contribution >= 4 is 59.0 Å². The van der Waals surface area contributed by atoms with Crippen LogP contribution in [0.2, 0.25) is 0 Å². The first-order valence-corrected chi connectivity index (χ1v) is 10.8. The van der Waals surface area contributed by atoms with E-state index in [4.69, 9.17) is 0 Å². The van der Waals surface area contributed by atoms with Crippen LogP contribution in [-0.2, 0) is 19.2 Å². The zero-order chi connectivity index (χ0) is 17.9. The molecule has 4 rings (SSSR count). The van der Waals surface area contributed by atoms with Crippen molar-refractivity contribution in [3.05, 3.63) is 21.1 Å². The number of hydrogen-bond donors (Lipinski definition) is 1.